The number of hydrogen-bond acceptors (Lipinski definition) is 3. The third-order valence-electron chi connectivity index (χ3n) is 4.74. The number of amides is 1. The maximum atomic E-state index is 12.5. The van der Waals surface area contributed by atoms with Crippen molar-refractivity contribution in [1.82, 2.24) is 9.88 Å². The molecule has 3 rings (SSSR count). The van der Waals surface area contributed by atoms with Crippen molar-refractivity contribution < 1.29 is 4.79 Å². The monoisotopic (exact) mass is 342 g/mol. The molecule has 128 valence electrons. The van der Waals surface area contributed by atoms with Crippen LogP contribution in [0.1, 0.15) is 37.8 Å². The van der Waals surface area contributed by atoms with Gasteiger partial charge in [-0.25, -0.2) is 4.98 Å². The van der Waals surface area contributed by atoms with Crippen LogP contribution in [0.25, 0.3) is 10.9 Å². The minimum atomic E-state index is 0.250. The van der Waals surface area contributed by atoms with Gasteiger partial charge in [-0.05, 0) is 55.4 Å². The molecule has 0 aliphatic carbocycles. The molecular formula is C20H26N2OS. The van der Waals surface area contributed by atoms with Gasteiger partial charge in [-0.1, -0.05) is 37.7 Å². The Labute approximate surface area is 148 Å². The van der Waals surface area contributed by atoms with E-state index in [0.717, 1.165) is 36.5 Å². The molecule has 1 atom stereocenters. The summed E-state index contributed by atoms with van der Waals surface area (Å²) in [6, 6.07) is 8.59. The van der Waals surface area contributed by atoms with Gasteiger partial charge in [0.15, 0.2) is 0 Å². The Kier molecular flexibility index (Phi) is 5.44. The van der Waals surface area contributed by atoms with Gasteiger partial charge < -0.3 is 4.90 Å². The Morgan fingerprint density at radius 1 is 1.38 bits per heavy atom. The molecule has 2 heterocycles. The van der Waals surface area contributed by atoms with Crippen LogP contribution in [0.2, 0.25) is 0 Å². The highest BCUT2D eigenvalue weighted by molar-refractivity contribution is 7.99. The van der Waals surface area contributed by atoms with Gasteiger partial charge in [0, 0.05) is 18.5 Å². The topological polar surface area (TPSA) is 33.2 Å². The fourth-order valence-electron chi connectivity index (χ4n) is 3.32. The van der Waals surface area contributed by atoms with Gasteiger partial charge in [0.05, 0.1) is 11.3 Å². The number of rotatable bonds is 4. The van der Waals surface area contributed by atoms with Crippen LogP contribution in [0.3, 0.4) is 0 Å². The van der Waals surface area contributed by atoms with Crippen molar-refractivity contribution in [3.63, 3.8) is 0 Å². The van der Waals surface area contributed by atoms with Crippen molar-refractivity contribution in [3.05, 3.63) is 35.4 Å². The molecule has 0 unspecified atom stereocenters. The SMILES string of the molecule is CCc1cc2ccc(C)cc2nc1SCC(=O)N1CCC[C@@H](C)C1. The number of likely N-dealkylation sites (tertiary alicyclic amines) is 1. The predicted molar refractivity (Wildman–Crippen MR) is 102 cm³/mol. The largest absolute Gasteiger partial charge is 0.342 e. The van der Waals surface area contributed by atoms with Crippen molar-refractivity contribution in [2.24, 2.45) is 5.92 Å². The number of aryl methyl sites for hydroxylation is 2. The number of carbonyl (C=O) groups excluding carboxylic acids is 1. The zero-order valence-electron chi connectivity index (χ0n) is 14.8. The molecule has 0 radical (unpaired) electrons. The van der Waals surface area contributed by atoms with Gasteiger partial charge in [-0.2, -0.15) is 0 Å². The first-order valence-corrected chi connectivity index (χ1v) is 9.86. The second kappa shape index (κ2) is 7.56. The lowest BCUT2D eigenvalue weighted by atomic mass is 10.0. The molecule has 1 aliphatic rings. The average molecular weight is 343 g/mol. The highest BCUT2D eigenvalue weighted by Gasteiger charge is 2.21. The third-order valence-corrected chi connectivity index (χ3v) is 5.75. The Hall–Kier alpha value is -1.55. The molecule has 1 aromatic carbocycles. The molecule has 2 aromatic rings. The summed E-state index contributed by atoms with van der Waals surface area (Å²) in [5.74, 6) is 1.37. The second-order valence-corrected chi connectivity index (χ2v) is 7.84. The Morgan fingerprint density at radius 3 is 2.96 bits per heavy atom. The summed E-state index contributed by atoms with van der Waals surface area (Å²) < 4.78 is 0. The van der Waals surface area contributed by atoms with E-state index in [0.29, 0.717) is 11.7 Å². The van der Waals surface area contributed by atoms with Gasteiger partial charge in [-0.15, -0.1) is 0 Å². The fourth-order valence-corrected chi connectivity index (χ4v) is 4.31. The van der Waals surface area contributed by atoms with E-state index in [2.05, 4.69) is 45.0 Å². The van der Waals surface area contributed by atoms with Crippen LogP contribution < -0.4 is 0 Å². The normalized spacial score (nSPS) is 18.1. The van der Waals surface area contributed by atoms with Crippen LogP contribution in [0.5, 0.6) is 0 Å². The summed E-state index contributed by atoms with van der Waals surface area (Å²) in [6.07, 6.45) is 3.31. The molecule has 0 saturated carbocycles. The maximum Gasteiger partial charge on any atom is 0.232 e. The molecule has 0 bridgehead atoms. The van der Waals surface area contributed by atoms with Gasteiger partial charge in [-0.3, -0.25) is 4.79 Å². The van der Waals surface area contributed by atoms with E-state index < -0.39 is 0 Å². The third kappa shape index (κ3) is 3.92. The lowest BCUT2D eigenvalue weighted by Gasteiger charge is -2.30. The molecule has 24 heavy (non-hydrogen) atoms. The number of thioether (sulfide) groups is 1. The Balaban J connectivity index is 1.75. The standard InChI is InChI=1S/C20H26N2OS/c1-4-16-11-17-8-7-14(2)10-18(17)21-20(16)24-13-19(23)22-9-5-6-15(3)12-22/h7-8,10-11,15H,4-6,9,12-13H2,1-3H3/t15-/m1/s1. The van der Waals surface area contributed by atoms with Crippen LogP contribution in [-0.2, 0) is 11.2 Å². The number of nitrogens with zero attached hydrogens (tertiary/aromatic N) is 2. The molecular weight excluding hydrogens is 316 g/mol. The molecule has 4 heteroatoms. The first kappa shape index (κ1) is 17.3. The lowest BCUT2D eigenvalue weighted by molar-refractivity contribution is -0.130. The molecule has 1 aliphatic heterocycles. The molecule has 3 nitrogen and oxygen atoms in total. The van der Waals surface area contributed by atoms with E-state index >= 15 is 0 Å². The molecule has 1 amide bonds. The van der Waals surface area contributed by atoms with Crippen molar-refractivity contribution in [2.75, 3.05) is 18.8 Å². The number of benzene rings is 1. The van der Waals surface area contributed by atoms with Crippen LogP contribution in [0.4, 0.5) is 0 Å². The minimum Gasteiger partial charge on any atom is -0.342 e. The van der Waals surface area contributed by atoms with Gasteiger partial charge in [0.2, 0.25) is 5.91 Å². The van der Waals surface area contributed by atoms with Gasteiger partial charge in [0.25, 0.3) is 0 Å². The molecule has 1 aromatic heterocycles. The molecule has 0 spiro atoms. The molecule has 1 fully saturated rings. The van der Waals surface area contributed by atoms with Gasteiger partial charge >= 0.3 is 0 Å². The van der Waals surface area contributed by atoms with E-state index in [1.54, 1.807) is 11.8 Å². The van der Waals surface area contributed by atoms with E-state index in [9.17, 15) is 4.79 Å². The summed E-state index contributed by atoms with van der Waals surface area (Å²) in [4.78, 5) is 19.4. The Bertz CT molecular complexity index is 744. The number of aromatic nitrogens is 1. The summed E-state index contributed by atoms with van der Waals surface area (Å²) >= 11 is 1.59. The number of fused-ring (bicyclic) bond motifs is 1. The number of hydrogen-bond donors (Lipinski definition) is 0. The summed E-state index contributed by atoms with van der Waals surface area (Å²) in [5, 5.41) is 2.19. The van der Waals surface area contributed by atoms with Crippen LogP contribution in [-0.4, -0.2) is 34.6 Å². The number of pyridine rings is 1. The molecule has 0 N–H and O–H groups in total. The minimum absolute atomic E-state index is 0.250. The van der Waals surface area contributed by atoms with Crippen LogP contribution in [0.15, 0.2) is 29.3 Å². The average Bonchev–Trinajstić information content (AvgIpc) is 2.58. The lowest BCUT2D eigenvalue weighted by Crippen LogP contribution is -2.40. The maximum absolute atomic E-state index is 12.5. The van der Waals surface area contributed by atoms with E-state index in [4.69, 9.17) is 4.98 Å². The van der Waals surface area contributed by atoms with Crippen LogP contribution in [0, 0.1) is 12.8 Å². The summed E-state index contributed by atoms with van der Waals surface area (Å²) in [5.41, 5.74) is 3.47. The van der Waals surface area contributed by atoms with Crippen molar-refractivity contribution in [2.45, 2.75) is 45.1 Å². The quantitative estimate of drug-likeness (QED) is 0.769. The van der Waals surface area contributed by atoms with Gasteiger partial charge in [0.1, 0.15) is 5.03 Å². The smallest absolute Gasteiger partial charge is 0.232 e. The summed E-state index contributed by atoms with van der Waals surface area (Å²) in [7, 11) is 0. The number of carbonyl (C=O) groups is 1. The zero-order valence-corrected chi connectivity index (χ0v) is 15.7. The fraction of sp³-hybridized carbons (Fsp3) is 0.500. The van der Waals surface area contributed by atoms with E-state index in [-0.39, 0.29) is 5.91 Å². The van der Waals surface area contributed by atoms with E-state index in [1.807, 2.05) is 4.90 Å². The van der Waals surface area contributed by atoms with Crippen LogP contribution >= 0.6 is 11.8 Å². The van der Waals surface area contributed by atoms with Crippen molar-refractivity contribution >= 4 is 28.6 Å². The second-order valence-electron chi connectivity index (χ2n) is 6.88. The molecule has 1 saturated heterocycles. The first-order valence-electron chi connectivity index (χ1n) is 8.87. The number of piperidine rings is 1. The van der Waals surface area contributed by atoms with Crippen molar-refractivity contribution in [3.8, 4) is 0 Å². The first-order chi connectivity index (χ1) is 11.6. The van der Waals surface area contributed by atoms with E-state index in [1.165, 1.54) is 22.9 Å². The van der Waals surface area contributed by atoms with Crippen molar-refractivity contribution in [1.29, 1.82) is 0 Å². The Morgan fingerprint density at radius 2 is 2.21 bits per heavy atom. The highest BCUT2D eigenvalue weighted by atomic mass is 32.2. The zero-order chi connectivity index (χ0) is 17.1. The highest BCUT2D eigenvalue weighted by Crippen LogP contribution is 2.27. The predicted octanol–water partition coefficient (Wildman–Crippen LogP) is 4.46. The summed E-state index contributed by atoms with van der Waals surface area (Å²) in [6.45, 7) is 8.28.